The second-order valence-electron chi connectivity index (χ2n) is 4.29. The maximum Gasteiger partial charge on any atom is 0.349 e. The zero-order chi connectivity index (χ0) is 16.7. The second-order valence-corrected chi connectivity index (χ2v) is 4.29. The average molecular weight is 314 g/mol. The zero-order valence-electron chi connectivity index (χ0n) is 11.8. The molecule has 0 saturated carbocycles. The Balaban J connectivity index is 1.92. The number of para-hydroxylation sites is 1. The fraction of sp³-hybridized carbons (Fsp3) is 0.0625. The molecule has 0 saturated heterocycles. The molecule has 1 N–H and O–H groups in total. The first-order chi connectivity index (χ1) is 11.1. The minimum Gasteiger partial charge on any atom is -0.465 e. The number of ether oxygens (including phenoxy) is 1. The quantitative estimate of drug-likeness (QED) is 0.520. The number of hydrogen-bond donors (Lipinski definition) is 1. The van der Waals surface area contributed by atoms with Gasteiger partial charge in [0, 0.05) is 6.08 Å². The third-order valence-electron chi connectivity index (χ3n) is 2.65. The molecular weight excluding hydrogens is 303 g/mol. The number of nitrogens with one attached hydrogen (secondary N) is 1. The number of esters is 1. The van der Waals surface area contributed by atoms with E-state index in [-0.39, 0.29) is 11.3 Å². The molecule has 0 aliphatic heterocycles. The molecule has 0 atom stereocenters. The van der Waals surface area contributed by atoms with Gasteiger partial charge in [-0.15, -0.1) is 0 Å². The molecule has 0 fully saturated rings. The molecule has 6 nitrogen and oxygen atoms in total. The van der Waals surface area contributed by atoms with Crippen molar-refractivity contribution in [2.75, 3.05) is 11.9 Å². The van der Waals surface area contributed by atoms with Gasteiger partial charge in [0.15, 0.2) is 6.61 Å². The van der Waals surface area contributed by atoms with Crippen LogP contribution < -0.4 is 5.32 Å². The Morgan fingerprint density at radius 2 is 2.09 bits per heavy atom. The number of anilines is 1. The Kier molecular flexibility index (Phi) is 5.25. The van der Waals surface area contributed by atoms with E-state index in [1.807, 2.05) is 0 Å². The molecule has 0 bridgehead atoms. The molecular formula is C16H11FN2O4. The van der Waals surface area contributed by atoms with Gasteiger partial charge in [-0.2, -0.15) is 5.26 Å². The number of carbonyl (C=O) groups excluding carboxylic acids is 2. The van der Waals surface area contributed by atoms with Crippen molar-refractivity contribution in [1.82, 2.24) is 0 Å². The normalized spacial score (nSPS) is 10.7. The van der Waals surface area contributed by atoms with Gasteiger partial charge in [-0.1, -0.05) is 12.1 Å². The van der Waals surface area contributed by atoms with Crippen LogP contribution in [0.25, 0.3) is 6.08 Å². The summed E-state index contributed by atoms with van der Waals surface area (Å²) < 4.78 is 23.0. The van der Waals surface area contributed by atoms with Crippen LogP contribution in [-0.2, 0) is 14.3 Å². The van der Waals surface area contributed by atoms with Crippen molar-refractivity contribution in [1.29, 1.82) is 5.26 Å². The van der Waals surface area contributed by atoms with Gasteiger partial charge in [-0.05, 0) is 24.3 Å². The lowest BCUT2D eigenvalue weighted by Crippen LogP contribution is -2.21. The van der Waals surface area contributed by atoms with Gasteiger partial charge < -0.3 is 14.5 Å². The Labute approximate surface area is 130 Å². The fourth-order valence-electron chi connectivity index (χ4n) is 1.61. The van der Waals surface area contributed by atoms with E-state index in [4.69, 9.17) is 14.4 Å². The first-order valence-corrected chi connectivity index (χ1v) is 6.47. The number of halogens is 1. The van der Waals surface area contributed by atoms with Crippen LogP contribution in [0.4, 0.5) is 10.1 Å². The molecule has 2 aromatic rings. The highest BCUT2D eigenvalue weighted by molar-refractivity contribution is 5.99. The first-order valence-electron chi connectivity index (χ1n) is 6.47. The number of amides is 1. The molecule has 1 aromatic heterocycles. The van der Waals surface area contributed by atoms with Crippen LogP contribution >= 0.6 is 0 Å². The largest absolute Gasteiger partial charge is 0.465 e. The lowest BCUT2D eigenvalue weighted by Gasteiger charge is -2.06. The van der Waals surface area contributed by atoms with Crippen LogP contribution in [0.2, 0.25) is 0 Å². The van der Waals surface area contributed by atoms with E-state index in [1.165, 1.54) is 30.5 Å². The summed E-state index contributed by atoms with van der Waals surface area (Å²) in [5.41, 5.74) is -0.348. The summed E-state index contributed by atoms with van der Waals surface area (Å²) >= 11 is 0. The molecule has 0 aliphatic rings. The van der Waals surface area contributed by atoms with Gasteiger partial charge in [0.25, 0.3) is 5.91 Å². The third-order valence-corrected chi connectivity index (χ3v) is 2.65. The minimum absolute atomic E-state index is 0.0276. The molecule has 0 aliphatic carbocycles. The smallest absolute Gasteiger partial charge is 0.349 e. The van der Waals surface area contributed by atoms with Crippen LogP contribution in [0.1, 0.15) is 5.76 Å². The summed E-state index contributed by atoms with van der Waals surface area (Å²) in [7, 11) is 0. The summed E-state index contributed by atoms with van der Waals surface area (Å²) in [5.74, 6) is -2.01. The highest BCUT2D eigenvalue weighted by atomic mass is 19.1. The number of hydrogen-bond acceptors (Lipinski definition) is 5. The summed E-state index contributed by atoms with van der Waals surface area (Å²) in [5, 5.41) is 11.2. The number of benzene rings is 1. The van der Waals surface area contributed by atoms with Gasteiger partial charge in [-0.3, -0.25) is 4.79 Å². The molecule has 1 aromatic carbocycles. The number of nitrogens with zero attached hydrogens (tertiary/aromatic N) is 1. The van der Waals surface area contributed by atoms with Gasteiger partial charge in [0.05, 0.1) is 12.0 Å². The van der Waals surface area contributed by atoms with Gasteiger partial charge in [0.2, 0.25) is 0 Å². The predicted octanol–water partition coefficient (Wildman–Crippen LogP) is 2.51. The van der Waals surface area contributed by atoms with E-state index in [1.54, 1.807) is 24.3 Å². The molecule has 0 radical (unpaired) electrons. The van der Waals surface area contributed by atoms with Crippen molar-refractivity contribution in [2.45, 2.75) is 0 Å². The maximum atomic E-state index is 13.4. The second kappa shape index (κ2) is 7.56. The number of carbonyl (C=O) groups is 2. The van der Waals surface area contributed by atoms with E-state index in [2.05, 4.69) is 5.32 Å². The van der Waals surface area contributed by atoms with Crippen molar-refractivity contribution in [3.8, 4) is 6.07 Å². The number of furan rings is 1. The van der Waals surface area contributed by atoms with E-state index in [0.717, 1.165) is 0 Å². The predicted molar refractivity (Wildman–Crippen MR) is 78.3 cm³/mol. The molecule has 2 rings (SSSR count). The molecule has 116 valence electrons. The topological polar surface area (TPSA) is 92.3 Å². The lowest BCUT2D eigenvalue weighted by molar-refractivity contribution is -0.142. The summed E-state index contributed by atoms with van der Waals surface area (Å²) in [6, 6.07) is 10.4. The highest BCUT2D eigenvalue weighted by Crippen LogP contribution is 2.12. The molecule has 1 amide bonds. The van der Waals surface area contributed by atoms with Crippen LogP contribution in [0.3, 0.4) is 0 Å². The molecule has 1 heterocycles. The third kappa shape index (κ3) is 4.54. The van der Waals surface area contributed by atoms with E-state index < -0.39 is 24.3 Å². The summed E-state index contributed by atoms with van der Waals surface area (Å²) in [6.45, 7) is -0.648. The zero-order valence-corrected chi connectivity index (χ0v) is 11.8. The monoisotopic (exact) mass is 314 g/mol. The van der Waals surface area contributed by atoms with Crippen molar-refractivity contribution < 1.29 is 23.1 Å². The van der Waals surface area contributed by atoms with Crippen LogP contribution in [-0.4, -0.2) is 18.5 Å². The van der Waals surface area contributed by atoms with Crippen LogP contribution in [0.5, 0.6) is 0 Å². The van der Waals surface area contributed by atoms with Crippen molar-refractivity contribution in [3.63, 3.8) is 0 Å². The minimum atomic E-state index is -0.979. The van der Waals surface area contributed by atoms with Crippen molar-refractivity contribution >= 4 is 23.6 Å². The van der Waals surface area contributed by atoms with Gasteiger partial charge in [-0.25, -0.2) is 9.18 Å². The van der Waals surface area contributed by atoms with Crippen molar-refractivity contribution in [3.05, 3.63) is 59.8 Å². The Hall–Kier alpha value is -3.40. The van der Waals surface area contributed by atoms with Crippen LogP contribution in [0, 0.1) is 17.1 Å². The Morgan fingerprint density at radius 1 is 1.30 bits per heavy atom. The van der Waals surface area contributed by atoms with Crippen molar-refractivity contribution in [2.24, 2.45) is 0 Å². The molecule has 0 spiro atoms. The van der Waals surface area contributed by atoms with E-state index >= 15 is 0 Å². The Morgan fingerprint density at radius 3 is 2.74 bits per heavy atom. The van der Waals surface area contributed by atoms with E-state index in [0.29, 0.717) is 5.76 Å². The fourth-order valence-corrected chi connectivity index (χ4v) is 1.61. The Bertz CT molecular complexity index is 776. The highest BCUT2D eigenvalue weighted by Gasteiger charge is 2.14. The standard InChI is InChI=1S/C16H11FN2O4/c17-13-5-1-2-6-14(13)19-15(20)10-23-16(21)11(9-18)8-12-4-3-7-22-12/h1-8H,10H2,(H,19,20)/b11-8+. The molecule has 23 heavy (non-hydrogen) atoms. The summed E-state index contributed by atoms with van der Waals surface area (Å²) in [6.07, 6.45) is 2.57. The van der Waals surface area contributed by atoms with Gasteiger partial charge >= 0.3 is 5.97 Å². The SMILES string of the molecule is N#C/C(=C\c1ccco1)C(=O)OCC(=O)Nc1ccccc1F. The lowest BCUT2D eigenvalue weighted by atomic mass is 10.2. The summed E-state index contributed by atoms with van der Waals surface area (Å²) in [4.78, 5) is 23.3. The molecule has 7 heteroatoms. The average Bonchev–Trinajstić information content (AvgIpc) is 3.05. The number of rotatable bonds is 5. The first kappa shape index (κ1) is 16.0. The number of nitriles is 1. The maximum absolute atomic E-state index is 13.4. The molecule has 0 unspecified atom stereocenters. The van der Waals surface area contributed by atoms with Gasteiger partial charge in [0.1, 0.15) is 23.2 Å². The van der Waals surface area contributed by atoms with E-state index in [9.17, 15) is 14.0 Å². The van der Waals surface area contributed by atoms with Crippen LogP contribution in [0.15, 0.2) is 52.7 Å².